The van der Waals surface area contributed by atoms with E-state index in [1.165, 1.54) is 0 Å². The van der Waals surface area contributed by atoms with E-state index in [0.29, 0.717) is 17.9 Å². The number of carbonyl (C=O) groups is 1. The van der Waals surface area contributed by atoms with E-state index in [1.54, 1.807) is 39.3 Å². The summed E-state index contributed by atoms with van der Waals surface area (Å²) in [4.78, 5) is 11.2. The number of hydrogen-bond acceptors (Lipinski definition) is 4. The van der Waals surface area contributed by atoms with Crippen LogP contribution in [0.1, 0.15) is 12.5 Å². The van der Waals surface area contributed by atoms with E-state index < -0.39 is 11.4 Å². The molecule has 5 nitrogen and oxygen atoms in total. The lowest BCUT2D eigenvalue weighted by Gasteiger charge is -2.23. The highest BCUT2D eigenvalue weighted by Gasteiger charge is 2.32. The van der Waals surface area contributed by atoms with Gasteiger partial charge in [-0.1, -0.05) is 6.07 Å². The molecule has 5 heteroatoms. The standard InChI is InChI=1S/C13H19NO4/c1-13(8-14,12(15)16)7-9-4-5-10(17-2)6-11(9)18-3/h4-6H,7-8,14H2,1-3H3,(H,15,16). The first-order chi connectivity index (χ1) is 8.46. The molecule has 0 spiro atoms. The minimum atomic E-state index is -0.998. The molecule has 0 aliphatic carbocycles. The van der Waals surface area contributed by atoms with Crippen molar-refractivity contribution in [1.82, 2.24) is 0 Å². The Hall–Kier alpha value is -1.75. The summed E-state index contributed by atoms with van der Waals surface area (Å²) in [5.74, 6) is 0.360. The van der Waals surface area contributed by atoms with Crippen molar-refractivity contribution in [2.24, 2.45) is 11.1 Å². The topological polar surface area (TPSA) is 81.8 Å². The zero-order chi connectivity index (χ0) is 13.8. The van der Waals surface area contributed by atoms with Gasteiger partial charge < -0.3 is 20.3 Å². The molecule has 0 aliphatic heterocycles. The van der Waals surface area contributed by atoms with Crippen LogP contribution in [-0.2, 0) is 11.2 Å². The molecule has 0 radical (unpaired) electrons. The molecule has 1 atom stereocenters. The zero-order valence-corrected chi connectivity index (χ0v) is 10.9. The first kappa shape index (κ1) is 14.3. The van der Waals surface area contributed by atoms with Gasteiger partial charge in [-0.3, -0.25) is 4.79 Å². The summed E-state index contributed by atoms with van der Waals surface area (Å²) in [6.45, 7) is 1.69. The molecule has 3 N–H and O–H groups in total. The average Bonchev–Trinajstić information content (AvgIpc) is 2.38. The van der Waals surface area contributed by atoms with Gasteiger partial charge in [-0.25, -0.2) is 0 Å². The molecule has 1 unspecified atom stereocenters. The summed E-state index contributed by atoms with van der Waals surface area (Å²) >= 11 is 0. The lowest BCUT2D eigenvalue weighted by molar-refractivity contribution is -0.147. The van der Waals surface area contributed by atoms with Crippen molar-refractivity contribution < 1.29 is 19.4 Å². The van der Waals surface area contributed by atoms with Crippen LogP contribution in [0.5, 0.6) is 11.5 Å². The highest BCUT2D eigenvalue weighted by atomic mass is 16.5. The second-order valence-corrected chi connectivity index (χ2v) is 4.42. The molecule has 0 heterocycles. The third-order valence-corrected chi connectivity index (χ3v) is 3.04. The Kier molecular flexibility index (Phi) is 4.55. The number of hydrogen-bond donors (Lipinski definition) is 2. The third kappa shape index (κ3) is 2.92. The number of ether oxygens (including phenoxy) is 2. The van der Waals surface area contributed by atoms with E-state index in [4.69, 9.17) is 15.2 Å². The Bertz CT molecular complexity index is 433. The highest BCUT2D eigenvalue weighted by Crippen LogP contribution is 2.30. The number of aliphatic carboxylic acids is 1. The Morgan fingerprint density at radius 1 is 1.39 bits per heavy atom. The summed E-state index contributed by atoms with van der Waals surface area (Å²) in [7, 11) is 3.11. The molecular weight excluding hydrogens is 234 g/mol. The Labute approximate surface area is 107 Å². The van der Waals surface area contributed by atoms with Crippen LogP contribution in [-0.4, -0.2) is 31.8 Å². The smallest absolute Gasteiger partial charge is 0.310 e. The van der Waals surface area contributed by atoms with Crippen molar-refractivity contribution in [1.29, 1.82) is 0 Å². The van der Waals surface area contributed by atoms with Gasteiger partial charge in [-0.05, 0) is 25.0 Å². The normalized spacial score (nSPS) is 13.8. The molecule has 18 heavy (non-hydrogen) atoms. The van der Waals surface area contributed by atoms with Crippen molar-refractivity contribution in [3.8, 4) is 11.5 Å². The van der Waals surface area contributed by atoms with Gasteiger partial charge in [-0.15, -0.1) is 0 Å². The molecule has 0 bridgehead atoms. The summed E-state index contributed by atoms with van der Waals surface area (Å²) in [6, 6.07) is 5.30. The van der Waals surface area contributed by atoms with Gasteiger partial charge in [0.25, 0.3) is 0 Å². The van der Waals surface area contributed by atoms with Crippen LogP contribution in [0.2, 0.25) is 0 Å². The van der Waals surface area contributed by atoms with E-state index in [1.807, 2.05) is 0 Å². The predicted octanol–water partition coefficient (Wildman–Crippen LogP) is 1.30. The lowest BCUT2D eigenvalue weighted by Crippen LogP contribution is -2.37. The van der Waals surface area contributed by atoms with Crippen molar-refractivity contribution >= 4 is 5.97 Å². The van der Waals surface area contributed by atoms with Crippen LogP contribution in [0, 0.1) is 5.41 Å². The van der Waals surface area contributed by atoms with Crippen LogP contribution in [0.3, 0.4) is 0 Å². The maximum absolute atomic E-state index is 11.2. The van der Waals surface area contributed by atoms with Crippen LogP contribution in [0.25, 0.3) is 0 Å². The molecular formula is C13H19NO4. The third-order valence-electron chi connectivity index (χ3n) is 3.04. The minimum absolute atomic E-state index is 0.0670. The molecule has 100 valence electrons. The fourth-order valence-electron chi connectivity index (χ4n) is 1.65. The number of rotatable bonds is 6. The van der Waals surface area contributed by atoms with Gasteiger partial charge in [-0.2, -0.15) is 0 Å². The first-order valence-electron chi connectivity index (χ1n) is 5.61. The predicted molar refractivity (Wildman–Crippen MR) is 68.0 cm³/mol. The second-order valence-electron chi connectivity index (χ2n) is 4.42. The van der Waals surface area contributed by atoms with Crippen LogP contribution in [0.15, 0.2) is 18.2 Å². The maximum atomic E-state index is 11.2. The summed E-state index contributed by atoms with van der Waals surface area (Å²) < 4.78 is 10.3. The van der Waals surface area contributed by atoms with Gasteiger partial charge in [0.15, 0.2) is 0 Å². The zero-order valence-electron chi connectivity index (χ0n) is 10.9. The number of nitrogens with two attached hydrogens (primary N) is 1. The van der Waals surface area contributed by atoms with Gasteiger partial charge in [0.1, 0.15) is 11.5 Å². The van der Waals surface area contributed by atoms with Crippen molar-refractivity contribution in [3.05, 3.63) is 23.8 Å². The van der Waals surface area contributed by atoms with Crippen LogP contribution in [0.4, 0.5) is 0 Å². The molecule has 1 aromatic carbocycles. The monoisotopic (exact) mass is 253 g/mol. The van der Waals surface area contributed by atoms with Gasteiger partial charge in [0, 0.05) is 12.6 Å². The number of carboxylic acid groups (broad SMARTS) is 1. The van der Waals surface area contributed by atoms with Gasteiger partial charge >= 0.3 is 5.97 Å². The maximum Gasteiger partial charge on any atom is 0.310 e. The Morgan fingerprint density at radius 2 is 2.06 bits per heavy atom. The summed E-state index contributed by atoms with van der Waals surface area (Å²) in [5, 5.41) is 9.21. The van der Waals surface area contributed by atoms with E-state index >= 15 is 0 Å². The number of methoxy groups -OCH3 is 2. The van der Waals surface area contributed by atoms with Crippen molar-refractivity contribution in [2.75, 3.05) is 20.8 Å². The fraction of sp³-hybridized carbons (Fsp3) is 0.462. The fourth-order valence-corrected chi connectivity index (χ4v) is 1.65. The SMILES string of the molecule is COc1ccc(CC(C)(CN)C(=O)O)c(OC)c1. The minimum Gasteiger partial charge on any atom is -0.497 e. The Balaban J connectivity index is 3.06. The van der Waals surface area contributed by atoms with Crippen molar-refractivity contribution in [2.45, 2.75) is 13.3 Å². The van der Waals surface area contributed by atoms with E-state index in [-0.39, 0.29) is 6.54 Å². The van der Waals surface area contributed by atoms with Crippen LogP contribution >= 0.6 is 0 Å². The molecule has 0 aromatic heterocycles. The highest BCUT2D eigenvalue weighted by molar-refractivity contribution is 5.75. The number of benzene rings is 1. The first-order valence-corrected chi connectivity index (χ1v) is 5.61. The van der Waals surface area contributed by atoms with Crippen LogP contribution < -0.4 is 15.2 Å². The largest absolute Gasteiger partial charge is 0.497 e. The second kappa shape index (κ2) is 5.73. The van der Waals surface area contributed by atoms with Gasteiger partial charge in [0.05, 0.1) is 19.6 Å². The summed E-state index contributed by atoms with van der Waals surface area (Å²) in [6.07, 6.45) is 0.312. The van der Waals surface area contributed by atoms with Crippen molar-refractivity contribution in [3.63, 3.8) is 0 Å². The average molecular weight is 253 g/mol. The summed E-state index contributed by atoms with van der Waals surface area (Å²) in [5.41, 5.74) is 5.36. The number of carboxylic acids is 1. The molecule has 0 aliphatic rings. The molecule has 0 fully saturated rings. The van der Waals surface area contributed by atoms with Gasteiger partial charge in [0.2, 0.25) is 0 Å². The van der Waals surface area contributed by atoms with E-state index in [0.717, 1.165) is 5.56 Å². The quantitative estimate of drug-likeness (QED) is 0.798. The molecule has 0 amide bonds. The molecule has 1 aromatic rings. The Morgan fingerprint density at radius 3 is 2.50 bits per heavy atom. The lowest BCUT2D eigenvalue weighted by atomic mass is 9.83. The van der Waals surface area contributed by atoms with E-state index in [2.05, 4.69) is 0 Å². The molecule has 0 saturated heterocycles. The molecule has 1 rings (SSSR count). The molecule has 0 saturated carbocycles. The van der Waals surface area contributed by atoms with E-state index in [9.17, 15) is 9.90 Å².